The Bertz CT molecular complexity index is 1220. The van der Waals surface area contributed by atoms with E-state index < -0.39 is 10.0 Å². The lowest BCUT2D eigenvalue weighted by atomic mass is 10.1. The van der Waals surface area contributed by atoms with Crippen molar-refractivity contribution in [1.29, 1.82) is 0 Å². The topological polar surface area (TPSA) is 114 Å². The van der Waals surface area contributed by atoms with Crippen LogP contribution in [-0.4, -0.2) is 56.1 Å². The zero-order valence-electron chi connectivity index (χ0n) is 17.8. The fourth-order valence-electron chi connectivity index (χ4n) is 3.56. The molecule has 1 amide bonds. The first-order chi connectivity index (χ1) is 15.4. The molecule has 9 nitrogen and oxygen atoms in total. The number of benzene rings is 2. The summed E-state index contributed by atoms with van der Waals surface area (Å²) in [7, 11) is -0.678. The van der Waals surface area contributed by atoms with Crippen LogP contribution in [-0.2, 0) is 10.0 Å². The second-order valence-electron chi connectivity index (χ2n) is 7.33. The van der Waals surface area contributed by atoms with E-state index in [0.717, 1.165) is 12.8 Å². The normalized spacial score (nSPS) is 14.3. The Morgan fingerprint density at radius 2 is 1.75 bits per heavy atom. The van der Waals surface area contributed by atoms with Gasteiger partial charge in [0.25, 0.3) is 5.91 Å². The summed E-state index contributed by atoms with van der Waals surface area (Å²) in [6.45, 7) is 0.988. The molecule has 10 heteroatoms. The Kier molecular flexibility index (Phi) is 6.15. The van der Waals surface area contributed by atoms with Crippen molar-refractivity contribution in [1.82, 2.24) is 14.5 Å². The minimum absolute atomic E-state index is 0.0895. The van der Waals surface area contributed by atoms with E-state index in [0.29, 0.717) is 35.8 Å². The van der Waals surface area contributed by atoms with Crippen LogP contribution in [0.25, 0.3) is 11.3 Å². The van der Waals surface area contributed by atoms with Crippen molar-refractivity contribution in [3.63, 3.8) is 0 Å². The molecule has 1 aromatic heterocycles. The molecule has 0 atom stereocenters. The van der Waals surface area contributed by atoms with E-state index in [-0.39, 0.29) is 22.2 Å². The van der Waals surface area contributed by atoms with Crippen molar-refractivity contribution < 1.29 is 22.7 Å². The number of nitrogens with one attached hydrogen (secondary N) is 2. The first kappa shape index (κ1) is 21.8. The third kappa shape index (κ3) is 4.32. The highest BCUT2D eigenvalue weighted by molar-refractivity contribution is 7.89. The van der Waals surface area contributed by atoms with Crippen molar-refractivity contribution in [2.24, 2.45) is 0 Å². The Balaban J connectivity index is 1.58. The Hall–Kier alpha value is -3.37. The van der Waals surface area contributed by atoms with Gasteiger partial charge in [0, 0.05) is 24.3 Å². The molecule has 168 valence electrons. The zero-order valence-corrected chi connectivity index (χ0v) is 18.6. The van der Waals surface area contributed by atoms with Gasteiger partial charge < -0.3 is 14.8 Å². The van der Waals surface area contributed by atoms with Gasteiger partial charge in [0.2, 0.25) is 10.0 Å². The third-order valence-corrected chi connectivity index (χ3v) is 7.23. The number of aromatic amines is 1. The summed E-state index contributed by atoms with van der Waals surface area (Å²) in [5.74, 6) is 0.590. The van der Waals surface area contributed by atoms with Crippen molar-refractivity contribution in [3.05, 3.63) is 54.2 Å². The van der Waals surface area contributed by atoms with Crippen LogP contribution < -0.4 is 14.8 Å². The molecule has 2 aromatic carbocycles. The molecular weight excluding hydrogens is 432 g/mol. The molecule has 1 fully saturated rings. The number of hydrogen-bond acceptors (Lipinski definition) is 6. The number of nitrogens with zero attached hydrogens (tertiary/aromatic N) is 2. The molecule has 0 spiro atoms. The fraction of sp³-hybridized carbons (Fsp3) is 0.273. The Labute approximate surface area is 186 Å². The smallest absolute Gasteiger partial charge is 0.273 e. The number of methoxy groups -OCH3 is 2. The number of hydrogen-bond donors (Lipinski definition) is 2. The molecule has 0 bridgehead atoms. The molecular formula is C22H24N4O5S. The van der Waals surface area contributed by atoms with Gasteiger partial charge in [-0.05, 0) is 61.4 Å². The number of rotatable bonds is 7. The van der Waals surface area contributed by atoms with E-state index in [2.05, 4.69) is 15.5 Å². The molecule has 0 radical (unpaired) electrons. The van der Waals surface area contributed by atoms with Gasteiger partial charge in [0.1, 0.15) is 22.1 Å². The standard InChI is InChI=1S/C22H24N4O5S/c1-30-17-8-6-16(7-9-17)23-22(27)19-14-18(24-25-19)15-5-10-20(31-2)21(13-15)32(28,29)26-11-3-4-12-26/h5-10,13-14H,3-4,11-12H2,1-2H3,(H,23,27)(H,24,25). The second-order valence-corrected chi connectivity index (χ2v) is 9.23. The molecule has 0 unspecified atom stereocenters. The van der Waals surface area contributed by atoms with Crippen LogP contribution in [0.3, 0.4) is 0 Å². The molecule has 4 rings (SSSR count). The van der Waals surface area contributed by atoms with Crippen molar-refractivity contribution in [2.75, 3.05) is 32.6 Å². The molecule has 0 aliphatic carbocycles. The van der Waals surface area contributed by atoms with Crippen LogP contribution in [0.5, 0.6) is 11.5 Å². The molecule has 3 aromatic rings. The van der Waals surface area contributed by atoms with Crippen LogP contribution in [0.15, 0.2) is 53.4 Å². The number of amides is 1. The first-order valence-corrected chi connectivity index (χ1v) is 11.6. The van der Waals surface area contributed by atoms with E-state index >= 15 is 0 Å². The minimum atomic E-state index is -3.69. The third-order valence-electron chi connectivity index (χ3n) is 5.31. The van der Waals surface area contributed by atoms with E-state index in [4.69, 9.17) is 9.47 Å². The summed E-state index contributed by atoms with van der Waals surface area (Å²) in [4.78, 5) is 12.7. The summed E-state index contributed by atoms with van der Waals surface area (Å²) in [5.41, 5.74) is 1.86. The van der Waals surface area contributed by atoms with E-state index in [9.17, 15) is 13.2 Å². The number of carbonyl (C=O) groups excluding carboxylic acids is 1. The number of H-pyrrole nitrogens is 1. The highest BCUT2D eigenvalue weighted by Gasteiger charge is 2.30. The molecule has 1 aliphatic rings. The van der Waals surface area contributed by atoms with Gasteiger partial charge in [-0.1, -0.05) is 0 Å². The number of sulfonamides is 1. The predicted molar refractivity (Wildman–Crippen MR) is 120 cm³/mol. The van der Waals surface area contributed by atoms with Crippen LogP contribution in [0.4, 0.5) is 5.69 Å². The molecule has 2 N–H and O–H groups in total. The SMILES string of the molecule is COc1ccc(NC(=O)c2cc(-c3ccc(OC)c(S(=O)(=O)N4CCCC4)c3)n[nH]2)cc1. The molecule has 2 heterocycles. The van der Waals surface area contributed by atoms with Gasteiger partial charge in [-0.15, -0.1) is 0 Å². The maximum atomic E-state index is 13.1. The maximum absolute atomic E-state index is 13.1. The van der Waals surface area contributed by atoms with E-state index in [1.54, 1.807) is 49.6 Å². The highest BCUT2D eigenvalue weighted by Crippen LogP contribution is 2.32. The van der Waals surface area contributed by atoms with Crippen molar-refractivity contribution in [3.8, 4) is 22.8 Å². The van der Waals surface area contributed by atoms with Crippen molar-refractivity contribution in [2.45, 2.75) is 17.7 Å². The summed E-state index contributed by atoms with van der Waals surface area (Å²) in [6, 6.07) is 13.4. The zero-order chi connectivity index (χ0) is 22.7. The molecule has 32 heavy (non-hydrogen) atoms. The molecule has 1 aliphatic heterocycles. The van der Waals surface area contributed by atoms with Crippen LogP contribution in [0.1, 0.15) is 23.3 Å². The van der Waals surface area contributed by atoms with Crippen LogP contribution in [0, 0.1) is 0 Å². The lowest BCUT2D eigenvalue weighted by molar-refractivity contribution is 0.102. The number of anilines is 1. The van der Waals surface area contributed by atoms with Crippen LogP contribution >= 0.6 is 0 Å². The van der Waals surface area contributed by atoms with E-state index in [1.165, 1.54) is 17.5 Å². The van der Waals surface area contributed by atoms with Crippen molar-refractivity contribution >= 4 is 21.6 Å². The monoisotopic (exact) mass is 456 g/mol. The molecule has 1 saturated heterocycles. The number of carbonyl (C=O) groups is 1. The summed E-state index contributed by atoms with van der Waals surface area (Å²) >= 11 is 0. The average Bonchev–Trinajstić information content (AvgIpc) is 3.52. The van der Waals surface area contributed by atoms with Gasteiger partial charge in [-0.25, -0.2) is 8.42 Å². The summed E-state index contributed by atoms with van der Waals surface area (Å²) in [6.07, 6.45) is 1.68. The Morgan fingerprint density at radius 3 is 2.41 bits per heavy atom. The molecule has 0 saturated carbocycles. The lowest BCUT2D eigenvalue weighted by Gasteiger charge is -2.18. The first-order valence-electron chi connectivity index (χ1n) is 10.1. The summed E-state index contributed by atoms with van der Waals surface area (Å²) in [5, 5.41) is 9.69. The average molecular weight is 457 g/mol. The summed E-state index contributed by atoms with van der Waals surface area (Å²) < 4.78 is 38.1. The highest BCUT2D eigenvalue weighted by atomic mass is 32.2. The predicted octanol–water partition coefficient (Wildman–Crippen LogP) is 3.13. The fourth-order valence-corrected chi connectivity index (χ4v) is 5.26. The number of aromatic nitrogens is 2. The van der Waals surface area contributed by atoms with Gasteiger partial charge >= 0.3 is 0 Å². The minimum Gasteiger partial charge on any atom is -0.497 e. The largest absolute Gasteiger partial charge is 0.497 e. The second kappa shape index (κ2) is 9.01. The maximum Gasteiger partial charge on any atom is 0.273 e. The van der Waals surface area contributed by atoms with Gasteiger partial charge in [-0.3, -0.25) is 9.89 Å². The van der Waals surface area contributed by atoms with Gasteiger partial charge in [-0.2, -0.15) is 9.40 Å². The lowest BCUT2D eigenvalue weighted by Crippen LogP contribution is -2.28. The van der Waals surface area contributed by atoms with Gasteiger partial charge in [0.15, 0.2) is 0 Å². The van der Waals surface area contributed by atoms with Gasteiger partial charge in [0.05, 0.1) is 19.9 Å². The number of ether oxygens (including phenoxy) is 2. The van der Waals surface area contributed by atoms with E-state index in [1.807, 2.05) is 0 Å². The Morgan fingerprint density at radius 1 is 1.03 bits per heavy atom. The quantitative estimate of drug-likeness (QED) is 0.565. The van der Waals surface area contributed by atoms with Crippen LogP contribution in [0.2, 0.25) is 0 Å².